The zero-order valence-electron chi connectivity index (χ0n) is 16.2. The summed E-state index contributed by atoms with van der Waals surface area (Å²) < 4.78 is 31.7. The molecule has 0 saturated carbocycles. The molecule has 0 spiro atoms. The third-order valence-electron chi connectivity index (χ3n) is 4.06. The largest absolute Gasteiger partial charge is 0.434 e. The first kappa shape index (κ1) is 21.5. The smallest absolute Gasteiger partial charge is 0.387 e. The average molecular weight is 435 g/mol. The number of hydrogen-bond acceptors (Lipinski definition) is 4. The van der Waals surface area contributed by atoms with Crippen LogP contribution in [0.4, 0.5) is 8.78 Å². The zero-order chi connectivity index (χ0) is 21.3. The normalized spacial score (nSPS) is 11.6. The van der Waals surface area contributed by atoms with Crippen LogP contribution in [0, 0.1) is 0 Å². The fourth-order valence-electron chi connectivity index (χ4n) is 2.74. The molecule has 0 atom stereocenters. The third kappa shape index (κ3) is 5.90. The van der Waals surface area contributed by atoms with Crippen LogP contribution < -0.4 is 15.4 Å². The van der Waals surface area contributed by atoms with Crippen molar-refractivity contribution in [2.24, 2.45) is 4.99 Å². The highest BCUT2D eigenvalue weighted by molar-refractivity contribution is 6.30. The van der Waals surface area contributed by atoms with Crippen molar-refractivity contribution in [1.82, 2.24) is 25.4 Å². The summed E-state index contributed by atoms with van der Waals surface area (Å²) >= 11 is 5.99. The molecule has 0 unspecified atom stereocenters. The number of ether oxygens (including phenoxy) is 1. The highest BCUT2D eigenvalue weighted by Crippen LogP contribution is 2.25. The molecule has 3 aromatic rings. The van der Waals surface area contributed by atoms with Crippen LogP contribution >= 0.6 is 11.6 Å². The molecule has 2 N–H and O–H groups in total. The zero-order valence-corrected chi connectivity index (χ0v) is 17.0. The van der Waals surface area contributed by atoms with Crippen molar-refractivity contribution < 1.29 is 13.5 Å². The number of rotatable bonds is 8. The summed E-state index contributed by atoms with van der Waals surface area (Å²) in [4.78, 5) is 4.45. The van der Waals surface area contributed by atoms with Gasteiger partial charge in [-0.05, 0) is 37.3 Å². The Kier molecular flexibility index (Phi) is 7.56. The molecule has 0 radical (unpaired) electrons. The van der Waals surface area contributed by atoms with E-state index in [-0.39, 0.29) is 12.3 Å². The summed E-state index contributed by atoms with van der Waals surface area (Å²) in [6, 6.07) is 14.2. The topological polar surface area (TPSA) is 76.4 Å². The fourth-order valence-corrected chi connectivity index (χ4v) is 2.93. The Morgan fingerprint density at radius 1 is 1.20 bits per heavy atom. The molecule has 1 heterocycles. The molecule has 30 heavy (non-hydrogen) atoms. The van der Waals surface area contributed by atoms with Crippen LogP contribution in [0.15, 0.2) is 59.9 Å². The molecule has 0 saturated heterocycles. The lowest BCUT2D eigenvalue weighted by atomic mass is 10.2. The third-order valence-corrected chi connectivity index (χ3v) is 4.29. The van der Waals surface area contributed by atoms with Gasteiger partial charge in [-0.1, -0.05) is 29.8 Å². The van der Waals surface area contributed by atoms with Gasteiger partial charge < -0.3 is 15.4 Å². The number of nitrogens with zero attached hydrogens (tertiary/aromatic N) is 4. The first-order valence-electron chi connectivity index (χ1n) is 9.26. The standard InChI is InChI=1S/C20H21ClF2N6O/c1-2-24-20(25-11-14-10-15(21)8-9-17(14)30-19(22)23)26-12-18-28-27-13-29(18)16-6-4-3-5-7-16/h3-10,13,19H,2,11-12H2,1H3,(H2,24,25,26). The summed E-state index contributed by atoms with van der Waals surface area (Å²) in [5.74, 6) is 1.22. The van der Waals surface area contributed by atoms with Gasteiger partial charge >= 0.3 is 6.61 Å². The van der Waals surface area contributed by atoms with Crippen molar-refractivity contribution in [1.29, 1.82) is 0 Å². The van der Waals surface area contributed by atoms with Gasteiger partial charge in [-0.25, -0.2) is 4.99 Å². The molecule has 0 fully saturated rings. The van der Waals surface area contributed by atoms with Gasteiger partial charge in [0.15, 0.2) is 11.8 Å². The van der Waals surface area contributed by atoms with E-state index in [0.717, 1.165) is 5.69 Å². The van der Waals surface area contributed by atoms with E-state index in [9.17, 15) is 8.78 Å². The van der Waals surface area contributed by atoms with E-state index in [1.165, 1.54) is 12.1 Å². The van der Waals surface area contributed by atoms with Crippen LogP contribution in [0.5, 0.6) is 5.75 Å². The Morgan fingerprint density at radius 3 is 2.73 bits per heavy atom. The number of halogens is 3. The lowest BCUT2D eigenvalue weighted by Crippen LogP contribution is -2.37. The van der Waals surface area contributed by atoms with Crippen molar-refractivity contribution in [3.63, 3.8) is 0 Å². The monoisotopic (exact) mass is 434 g/mol. The summed E-state index contributed by atoms with van der Waals surface area (Å²) in [6.45, 7) is 0.0752. The van der Waals surface area contributed by atoms with Crippen molar-refractivity contribution in [3.8, 4) is 11.4 Å². The van der Waals surface area contributed by atoms with E-state index in [1.54, 1.807) is 12.4 Å². The Labute approximate surface area is 177 Å². The van der Waals surface area contributed by atoms with Crippen molar-refractivity contribution in [2.45, 2.75) is 26.6 Å². The van der Waals surface area contributed by atoms with Gasteiger partial charge in [-0.2, -0.15) is 8.78 Å². The number of hydrogen-bond donors (Lipinski definition) is 2. The van der Waals surface area contributed by atoms with Crippen molar-refractivity contribution in [3.05, 3.63) is 71.3 Å². The quantitative estimate of drug-likeness (QED) is 0.417. The SMILES string of the molecule is CCNC(=NCc1cc(Cl)ccc1OC(F)F)NCc1nncn1-c1ccccc1. The molecule has 10 heteroatoms. The summed E-state index contributed by atoms with van der Waals surface area (Å²) in [6.07, 6.45) is 1.64. The van der Waals surface area contributed by atoms with Gasteiger partial charge in [0.25, 0.3) is 0 Å². The van der Waals surface area contributed by atoms with Gasteiger partial charge in [-0.3, -0.25) is 4.57 Å². The molecule has 3 rings (SSSR count). The second-order valence-corrected chi connectivity index (χ2v) is 6.57. The number of aliphatic imine (C=N–C) groups is 1. The van der Waals surface area contributed by atoms with Crippen molar-refractivity contribution in [2.75, 3.05) is 6.54 Å². The van der Waals surface area contributed by atoms with Crippen LogP contribution in [-0.4, -0.2) is 33.9 Å². The molecule has 0 aliphatic carbocycles. The van der Waals surface area contributed by atoms with Gasteiger partial charge in [0, 0.05) is 22.8 Å². The fraction of sp³-hybridized carbons (Fsp3) is 0.250. The summed E-state index contributed by atoms with van der Waals surface area (Å²) in [5, 5.41) is 14.8. The number of para-hydroxylation sites is 1. The minimum Gasteiger partial charge on any atom is -0.434 e. The Hall–Kier alpha value is -3.20. The Bertz CT molecular complexity index is 980. The van der Waals surface area contributed by atoms with Crippen LogP contribution in [0.25, 0.3) is 5.69 Å². The van der Waals surface area contributed by atoms with Crippen LogP contribution in [0.2, 0.25) is 5.02 Å². The van der Waals surface area contributed by atoms with Gasteiger partial charge in [0.05, 0.1) is 13.1 Å². The summed E-state index contributed by atoms with van der Waals surface area (Å²) in [7, 11) is 0. The first-order valence-corrected chi connectivity index (χ1v) is 9.64. The van der Waals surface area contributed by atoms with E-state index in [4.69, 9.17) is 11.6 Å². The number of guanidine groups is 1. The predicted molar refractivity (Wildman–Crippen MR) is 111 cm³/mol. The number of aromatic nitrogens is 3. The maximum Gasteiger partial charge on any atom is 0.387 e. The highest BCUT2D eigenvalue weighted by atomic mass is 35.5. The molecule has 158 valence electrons. The molecular formula is C20H21ClF2N6O. The van der Waals surface area contributed by atoms with E-state index in [2.05, 4.69) is 30.6 Å². The first-order chi connectivity index (χ1) is 14.6. The minimum atomic E-state index is -2.93. The van der Waals surface area contributed by atoms with Gasteiger partial charge in [0.2, 0.25) is 0 Å². The van der Waals surface area contributed by atoms with Crippen molar-refractivity contribution >= 4 is 17.6 Å². The number of nitrogens with one attached hydrogen (secondary N) is 2. The molecule has 7 nitrogen and oxygen atoms in total. The van der Waals surface area contributed by atoms with Crippen LogP contribution in [0.3, 0.4) is 0 Å². The highest BCUT2D eigenvalue weighted by Gasteiger charge is 2.11. The molecule has 0 aliphatic rings. The Balaban J connectivity index is 1.73. The van der Waals surface area contributed by atoms with Crippen LogP contribution in [-0.2, 0) is 13.1 Å². The minimum absolute atomic E-state index is 0.0396. The second-order valence-electron chi connectivity index (χ2n) is 6.13. The Morgan fingerprint density at radius 2 is 2.00 bits per heavy atom. The molecule has 0 aliphatic heterocycles. The molecule has 0 amide bonds. The maximum absolute atomic E-state index is 12.6. The predicted octanol–water partition coefficient (Wildman–Crippen LogP) is 3.78. The average Bonchev–Trinajstić information content (AvgIpc) is 3.21. The number of benzene rings is 2. The number of alkyl halides is 2. The second kappa shape index (κ2) is 10.5. The van der Waals surface area contributed by atoms with E-state index < -0.39 is 6.61 Å². The molecule has 0 bridgehead atoms. The van der Waals surface area contributed by atoms with E-state index in [1.807, 2.05) is 41.8 Å². The maximum atomic E-state index is 12.6. The van der Waals surface area contributed by atoms with E-state index >= 15 is 0 Å². The summed E-state index contributed by atoms with van der Waals surface area (Å²) in [5.41, 5.74) is 1.39. The molecule has 1 aromatic heterocycles. The lowest BCUT2D eigenvalue weighted by Gasteiger charge is -2.13. The molecular weight excluding hydrogens is 414 g/mol. The van der Waals surface area contributed by atoms with Gasteiger partial charge in [0.1, 0.15) is 12.1 Å². The van der Waals surface area contributed by atoms with E-state index in [0.29, 0.717) is 35.5 Å². The lowest BCUT2D eigenvalue weighted by molar-refractivity contribution is -0.0504. The van der Waals surface area contributed by atoms with Crippen LogP contribution in [0.1, 0.15) is 18.3 Å². The van der Waals surface area contributed by atoms with Gasteiger partial charge in [-0.15, -0.1) is 10.2 Å². The molecule has 2 aromatic carbocycles.